The Morgan fingerprint density at radius 3 is 2.90 bits per heavy atom. The average molecular weight is 303 g/mol. The molecule has 0 spiro atoms. The number of aromatic nitrogens is 3. The summed E-state index contributed by atoms with van der Waals surface area (Å²) in [5, 5.41) is 11.7. The highest BCUT2D eigenvalue weighted by molar-refractivity contribution is 7.99. The molecule has 2 aromatic rings. The summed E-state index contributed by atoms with van der Waals surface area (Å²) in [5.74, 6) is 6.97. The second kappa shape index (κ2) is 5.77. The van der Waals surface area contributed by atoms with Crippen LogP contribution in [0.1, 0.15) is 18.4 Å². The standard InChI is InChI=1S/C14H17N5OS/c1-9-4-2-3-5-11(9)13-17-18-14(19(13)15)21-8-12(20)16-10-6-7-10/h2-5,10H,6-8,15H2,1H3,(H,16,20). The van der Waals surface area contributed by atoms with Crippen molar-refractivity contribution in [2.45, 2.75) is 31.0 Å². The molecule has 1 aromatic heterocycles. The van der Waals surface area contributed by atoms with Crippen LogP contribution in [0.2, 0.25) is 0 Å². The number of rotatable bonds is 5. The summed E-state index contributed by atoms with van der Waals surface area (Å²) in [6.45, 7) is 2.00. The number of carbonyl (C=O) groups excluding carboxylic acids is 1. The lowest BCUT2D eigenvalue weighted by Crippen LogP contribution is -2.27. The van der Waals surface area contributed by atoms with Gasteiger partial charge in [-0.15, -0.1) is 10.2 Å². The average Bonchev–Trinajstić information content (AvgIpc) is 3.20. The first-order chi connectivity index (χ1) is 10.1. The molecule has 0 aliphatic heterocycles. The molecule has 110 valence electrons. The SMILES string of the molecule is Cc1ccccc1-c1nnc(SCC(=O)NC2CC2)n1N. The van der Waals surface area contributed by atoms with Crippen molar-refractivity contribution in [3.05, 3.63) is 29.8 Å². The van der Waals surface area contributed by atoms with Crippen molar-refractivity contribution in [1.29, 1.82) is 0 Å². The summed E-state index contributed by atoms with van der Waals surface area (Å²) in [6.07, 6.45) is 2.17. The van der Waals surface area contributed by atoms with Gasteiger partial charge in [-0.1, -0.05) is 36.0 Å². The Morgan fingerprint density at radius 1 is 1.43 bits per heavy atom. The Morgan fingerprint density at radius 2 is 2.19 bits per heavy atom. The monoisotopic (exact) mass is 303 g/mol. The van der Waals surface area contributed by atoms with E-state index in [9.17, 15) is 4.79 Å². The van der Waals surface area contributed by atoms with Gasteiger partial charge in [-0.3, -0.25) is 4.79 Å². The van der Waals surface area contributed by atoms with Gasteiger partial charge < -0.3 is 11.2 Å². The van der Waals surface area contributed by atoms with Crippen LogP contribution in [0.5, 0.6) is 0 Å². The van der Waals surface area contributed by atoms with E-state index in [1.807, 2.05) is 31.2 Å². The van der Waals surface area contributed by atoms with E-state index in [1.165, 1.54) is 16.4 Å². The van der Waals surface area contributed by atoms with Crippen LogP contribution in [0.4, 0.5) is 0 Å². The second-order valence-electron chi connectivity index (χ2n) is 5.12. The minimum atomic E-state index is 0.0166. The lowest BCUT2D eigenvalue weighted by molar-refractivity contribution is -0.118. The van der Waals surface area contributed by atoms with Crippen LogP contribution in [0.15, 0.2) is 29.4 Å². The number of benzene rings is 1. The van der Waals surface area contributed by atoms with Crippen molar-refractivity contribution in [3.8, 4) is 11.4 Å². The molecule has 0 radical (unpaired) electrons. The van der Waals surface area contributed by atoms with E-state index >= 15 is 0 Å². The van der Waals surface area contributed by atoms with E-state index in [-0.39, 0.29) is 5.91 Å². The van der Waals surface area contributed by atoms with Gasteiger partial charge in [0, 0.05) is 11.6 Å². The topological polar surface area (TPSA) is 85.8 Å². The van der Waals surface area contributed by atoms with Crippen molar-refractivity contribution in [3.63, 3.8) is 0 Å². The lowest BCUT2D eigenvalue weighted by Gasteiger charge is -2.06. The van der Waals surface area contributed by atoms with Crippen LogP contribution >= 0.6 is 11.8 Å². The molecule has 1 aliphatic carbocycles. The molecule has 1 amide bonds. The predicted octanol–water partition coefficient (Wildman–Crippen LogP) is 1.34. The molecule has 1 aromatic carbocycles. The van der Waals surface area contributed by atoms with Crippen molar-refractivity contribution < 1.29 is 4.79 Å². The molecule has 1 heterocycles. The summed E-state index contributed by atoms with van der Waals surface area (Å²) in [7, 11) is 0. The second-order valence-corrected chi connectivity index (χ2v) is 6.06. The maximum Gasteiger partial charge on any atom is 0.230 e. The van der Waals surface area contributed by atoms with E-state index in [2.05, 4.69) is 15.5 Å². The third kappa shape index (κ3) is 3.18. The molecule has 0 bridgehead atoms. The number of hydrogen-bond donors (Lipinski definition) is 2. The molecule has 3 rings (SSSR count). The molecular formula is C14H17N5OS. The number of hydrogen-bond acceptors (Lipinski definition) is 5. The fourth-order valence-corrected chi connectivity index (χ4v) is 2.68. The van der Waals surface area contributed by atoms with E-state index in [0.29, 0.717) is 22.8 Å². The van der Waals surface area contributed by atoms with Gasteiger partial charge in [0.15, 0.2) is 5.82 Å². The molecule has 7 heteroatoms. The summed E-state index contributed by atoms with van der Waals surface area (Å²) >= 11 is 1.30. The normalized spacial score (nSPS) is 14.1. The number of nitrogens with zero attached hydrogens (tertiary/aromatic N) is 3. The van der Waals surface area contributed by atoms with Gasteiger partial charge in [0.1, 0.15) is 0 Å². The van der Waals surface area contributed by atoms with Gasteiger partial charge in [0.25, 0.3) is 0 Å². The van der Waals surface area contributed by atoms with Crippen LogP contribution < -0.4 is 11.2 Å². The third-order valence-electron chi connectivity index (χ3n) is 3.33. The quantitative estimate of drug-likeness (QED) is 0.643. The van der Waals surface area contributed by atoms with Gasteiger partial charge in [0.2, 0.25) is 11.1 Å². The molecule has 0 unspecified atom stereocenters. The van der Waals surface area contributed by atoms with E-state index in [1.54, 1.807) is 0 Å². The molecule has 0 saturated heterocycles. The maximum absolute atomic E-state index is 11.7. The number of aryl methyl sites for hydroxylation is 1. The van der Waals surface area contributed by atoms with Crippen LogP contribution in [0, 0.1) is 6.92 Å². The fraction of sp³-hybridized carbons (Fsp3) is 0.357. The van der Waals surface area contributed by atoms with Crippen LogP contribution in [-0.2, 0) is 4.79 Å². The van der Waals surface area contributed by atoms with Crippen molar-refractivity contribution in [2.24, 2.45) is 0 Å². The van der Waals surface area contributed by atoms with E-state index in [4.69, 9.17) is 5.84 Å². The smallest absolute Gasteiger partial charge is 0.230 e. The number of amides is 1. The first-order valence-electron chi connectivity index (χ1n) is 6.84. The Labute approximate surface area is 127 Å². The van der Waals surface area contributed by atoms with Crippen LogP contribution in [0.25, 0.3) is 11.4 Å². The first kappa shape index (κ1) is 13.9. The van der Waals surface area contributed by atoms with E-state index < -0.39 is 0 Å². The largest absolute Gasteiger partial charge is 0.353 e. The molecule has 21 heavy (non-hydrogen) atoms. The van der Waals surface area contributed by atoms with Gasteiger partial charge in [-0.05, 0) is 25.3 Å². The highest BCUT2D eigenvalue weighted by atomic mass is 32.2. The molecule has 6 nitrogen and oxygen atoms in total. The molecule has 3 N–H and O–H groups in total. The number of nitrogens with two attached hydrogens (primary N) is 1. The Kier molecular flexibility index (Phi) is 3.83. The zero-order valence-corrected chi connectivity index (χ0v) is 12.6. The van der Waals surface area contributed by atoms with Gasteiger partial charge in [-0.2, -0.15) is 0 Å². The number of thioether (sulfide) groups is 1. The first-order valence-corrected chi connectivity index (χ1v) is 7.82. The van der Waals surface area contributed by atoms with Crippen molar-refractivity contribution in [2.75, 3.05) is 11.6 Å². The number of carbonyl (C=O) groups is 1. The lowest BCUT2D eigenvalue weighted by atomic mass is 10.1. The number of nitrogen functional groups attached to an aromatic ring is 1. The predicted molar refractivity (Wildman–Crippen MR) is 82.2 cm³/mol. The Balaban J connectivity index is 1.70. The maximum atomic E-state index is 11.7. The summed E-state index contributed by atoms with van der Waals surface area (Å²) in [4.78, 5) is 11.7. The van der Waals surface area contributed by atoms with Crippen molar-refractivity contribution >= 4 is 17.7 Å². The zero-order valence-electron chi connectivity index (χ0n) is 11.7. The number of nitrogens with one attached hydrogen (secondary N) is 1. The molecular weight excluding hydrogens is 286 g/mol. The van der Waals surface area contributed by atoms with Gasteiger partial charge in [0.05, 0.1) is 5.75 Å². The Bertz CT molecular complexity index is 665. The minimum absolute atomic E-state index is 0.0166. The summed E-state index contributed by atoms with van der Waals surface area (Å²) < 4.78 is 1.44. The Hall–Kier alpha value is -2.02. The summed E-state index contributed by atoms with van der Waals surface area (Å²) in [5.41, 5.74) is 2.03. The van der Waals surface area contributed by atoms with Gasteiger partial charge in [-0.25, -0.2) is 4.68 Å². The third-order valence-corrected chi connectivity index (χ3v) is 4.27. The van der Waals surface area contributed by atoms with E-state index in [0.717, 1.165) is 24.0 Å². The van der Waals surface area contributed by atoms with Gasteiger partial charge >= 0.3 is 0 Å². The van der Waals surface area contributed by atoms with Crippen molar-refractivity contribution in [1.82, 2.24) is 20.2 Å². The molecule has 1 aliphatic rings. The molecule has 1 fully saturated rings. The zero-order chi connectivity index (χ0) is 14.8. The highest BCUT2D eigenvalue weighted by Crippen LogP contribution is 2.24. The highest BCUT2D eigenvalue weighted by Gasteiger charge is 2.23. The summed E-state index contributed by atoms with van der Waals surface area (Å²) in [6, 6.07) is 8.23. The van der Waals surface area contributed by atoms with Crippen LogP contribution in [0.3, 0.4) is 0 Å². The molecule has 0 atom stereocenters. The molecule has 1 saturated carbocycles. The minimum Gasteiger partial charge on any atom is -0.353 e. The fourth-order valence-electron chi connectivity index (χ4n) is 2.01. The van der Waals surface area contributed by atoms with Crippen LogP contribution in [-0.4, -0.2) is 32.6 Å².